The summed E-state index contributed by atoms with van der Waals surface area (Å²) in [5.41, 5.74) is 0. The SMILES string of the molecule is OC[C@@]1(S)OC1(S)S. The Morgan fingerprint density at radius 2 is 1.75 bits per heavy atom. The number of aliphatic hydroxyl groups is 1. The Balaban J connectivity index is 2.55. The summed E-state index contributed by atoms with van der Waals surface area (Å²) in [5, 5.41) is 8.50. The van der Waals surface area contributed by atoms with Gasteiger partial charge in [-0.2, -0.15) is 0 Å². The topological polar surface area (TPSA) is 32.8 Å². The second kappa shape index (κ2) is 1.73. The third kappa shape index (κ3) is 0.863. The van der Waals surface area contributed by atoms with Crippen molar-refractivity contribution in [3.63, 3.8) is 0 Å². The van der Waals surface area contributed by atoms with E-state index >= 15 is 0 Å². The van der Waals surface area contributed by atoms with E-state index in [1.807, 2.05) is 0 Å². The van der Waals surface area contributed by atoms with Crippen molar-refractivity contribution >= 4 is 37.9 Å². The number of thiol groups is 3. The second-order valence-electron chi connectivity index (χ2n) is 1.65. The van der Waals surface area contributed by atoms with Crippen LogP contribution >= 0.6 is 37.9 Å². The number of rotatable bonds is 1. The van der Waals surface area contributed by atoms with Crippen LogP contribution in [0.2, 0.25) is 0 Å². The van der Waals surface area contributed by atoms with Crippen LogP contribution in [0.5, 0.6) is 0 Å². The Labute approximate surface area is 63.8 Å². The highest BCUT2D eigenvalue weighted by molar-refractivity contribution is 8.02. The summed E-state index contributed by atoms with van der Waals surface area (Å²) < 4.78 is 3.94. The first kappa shape index (κ1) is 7.08. The summed E-state index contributed by atoms with van der Waals surface area (Å²) in [6.07, 6.45) is 0. The van der Waals surface area contributed by atoms with Gasteiger partial charge in [0.1, 0.15) is 0 Å². The van der Waals surface area contributed by atoms with Crippen LogP contribution in [0.1, 0.15) is 0 Å². The molecule has 0 spiro atoms. The molecular weight excluding hydrogens is 164 g/mol. The van der Waals surface area contributed by atoms with E-state index in [1.54, 1.807) is 0 Å². The van der Waals surface area contributed by atoms with Gasteiger partial charge in [-0.25, -0.2) is 0 Å². The lowest BCUT2D eigenvalue weighted by Gasteiger charge is -1.98. The molecule has 5 heteroatoms. The summed E-state index contributed by atoms with van der Waals surface area (Å²) in [6.45, 7) is -0.164. The van der Waals surface area contributed by atoms with Crippen LogP contribution in [0.25, 0.3) is 0 Å². The van der Waals surface area contributed by atoms with Crippen molar-refractivity contribution in [3.05, 3.63) is 0 Å². The lowest BCUT2D eigenvalue weighted by atomic mass is 10.5. The van der Waals surface area contributed by atoms with Crippen molar-refractivity contribution in [1.82, 2.24) is 0 Å². The van der Waals surface area contributed by atoms with Gasteiger partial charge >= 0.3 is 0 Å². The van der Waals surface area contributed by atoms with Gasteiger partial charge in [-0.15, -0.1) is 37.9 Å². The van der Waals surface area contributed by atoms with Gasteiger partial charge in [-0.1, -0.05) is 0 Å². The Morgan fingerprint density at radius 3 is 1.75 bits per heavy atom. The van der Waals surface area contributed by atoms with Crippen LogP contribution in [0.4, 0.5) is 0 Å². The van der Waals surface area contributed by atoms with Crippen LogP contribution in [-0.2, 0) is 4.74 Å². The van der Waals surface area contributed by atoms with E-state index in [0.29, 0.717) is 0 Å². The molecule has 0 radical (unpaired) electrons. The Kier molecular flexibility index (Phi) is 1.53. The standard InChI is InChI=1S/C3H6O2S3/c4-1-2(6)3(7,8)5-2/h4,6-8H,1H2/t2-/m0/s1. The monoisotopic (exact) mass is 170 g/mol. The van der Waals surface area contributed by atoms with Crippen molar-refractivity contribution in [2.24, 2.45) is 0 Å². The smallest absolute Gasteiger partial charge is 0.197 e. The molecule has 1 atom stereocenters. The number of ether oxygens (including phenoxy) is 1. The first-order chi connectivity index (χ1) is 3.52. The molecule has 1 saturated heterocycles. The van der Waals surface area contributed by atoms with Crippen molar-refractivity contribution in [2.75, 3.05) is 6.61 Å². The molecule has 0 amide bonds. The molecule has 0 aromatic heterocycles. The molecule has 0 aromatic carbocycles. The zero-order chi connectivity index (χ0) is 6.41. The highest BCUT2D eigenvalue weighted by Gasteiger charge is 2.64. The molecule has 0 bridgehead atoms. The largest absolute Gasteiger partial charge is 0.392 e. The van der Waals surface area contributed by atoms with Gasteiger partial charge in [0.25, 0.3) is 0 Å². The maximum absolute atomic E-state index is 8.50. The van der Waals surface area contributed by atoms with E-state index in [4.69, 9.17) is 9.84 Å². The maximum atomic E-state index is 8.50. The van der Waals surface area contributed by atoms with Gasteiger partial charge in [-0.05, 0) is 0 Å². The van der Waals surface area contributed by atoms with Gasteiger partial charge in [0.05, 0.1) is 6.61 Å². The molecule has 1 rings (SSSR count). The molecule has 1 N–H and O–H groups in total. The van der Waals surface area contributed by atoms with E-state index in [1.165, 1.54) is 0 Å². The molecule has 1 aliphatic rings. The predicted molar refractivity (Wildman–Crippen MR) is 40.6 cm³/mol. The quantitative estimate of drug-likeness (QED) is 0.257. The molecule has 0 unspecified atom stereocenters. The average molecular weight is 170 g/mol. The van der Waals surface area contributed by atoms with E-state index < -0.39 is 9.20 Å². The first-order valence-electron chi connectivity index (χ1n) is 2.00. The zero-order valence-electron chi connectivity index (χ0n) is 3.90. The molecule has 0 aliphatic carbocycles. The van der Waals surface area contributed by atoms with E-state index in [2.05, 4.69) is 37.9 Å². The molecular formula is C3H6O2S3. The summed E-state index contributed by atoms with van der Waals surface area (Å²) in [6, 6.07) is 0. The van der Waals surface area contributed by atoms with Crippen molar-refractivity contribution in [1.29, 1.82) is 0 Å². The summed E-state index contributed by atoms with van der Waals surface area (Å²) >= 11 is 11.7. The Bertz CT molecular complexity index is 115. The zero-order valence-corrected chi connectivity index (χ0v) is 6.59. The highest BCUT2D eigenvalue weighted by Crippen LogP contribution is 2.56. The molecule has 0 aromatic rings. The van der Waals surface area contributed by atoms with Crippen LogP contribution in [0.3, 0.4) is 0 Å². The average Bonchev–Trinajstić information content (AvgIpc) is 2.10. The van der Waals surface area contributed by atoms with Gasteiger partial charge in [0, 0.05) is 0 Å². The van der Waals surface area contributed by atoms with Crippen LogP contribution in [0, 0.1) is 0 Å². The maximum Gasteiger partial charge on any atom is 0.197 e. The highest BCUT2D eigenvalue weighted by atomic mass is 32.2. The Morgan fingerprint density at radius 1 is 1.38 bits per heavy atom. The van der Waals surface area contributed by atoms with E-state index in [9.17, 15) is 0 Å². The van der Waals surface area contributed by atoms with Crippen LogP contribution in [0.15, 0.2) is 0 Å². The fourth-order valence-electron chi connectivity index (χ4n) is 0.345. The number of epoxide rings is 1. The molecule has 1 fully saturated rings. The lowest BCUT2D eigenvalue weighted by Crippen LogP contribution is -2.13. The molecule has 8 heavy (non-hydrogen) atoms. The van der Waals surface area contributed by atoms with Gasteiger partial charge < -0.3 is 9.84 Å². The molecule has 48 valence electrons. The van der Waals surface area contributed by atoms with Crippen molar-refractivity contribution in [3.8, 4) is 0 Å². The van der Waals surface area contributed by atoms with Crippen LogP contribution in [-0.4, -0.2) is 20.9 Å². The number of hydrogen-bond acceptors (Lipinski definition) is 5. The molecule has 1 heterocycles. The number of aliphatic hydroxyl groups excluding tert-OH is 1. The first-order valence-corrected chi connectivity index (χ1v) is 3.34. The third-order valence-electron chi connectivity index (χ3n) is 0.993. The molecule has 2 nitrogen and oxygen atoms in total. The van der Waals surface area contributed by atoms with Crippen molar-refractivity contribution < 1.29 is 9.84 Å². The Hall–Kier alpha value is 0.970. The normalized spacial score (nSPS) is 42.0. The van der Waals surface area contributed by atoms with E-state index in [-0.39, 0.29) is 6.61 Å². The van der Waals surface area contributed by atoms with Gasteiger partial charge in [-0.3, -0.25) is 0 Å². The second-order valence-corrected chi connectivity index (χ2v) is 3.99. The van der Waals surface area contributed by atoms with Gasteiger partial charge in [0.2, 0.25) is 0 Å². The van der Waals surface area contributed by atoms with Crippen molar-refractivity contribution in [2.45, 2.75) is 9.20 Å². The minimum atomic E-state index is -0.842. The van der Waals surface area contributed by atoms with Gasteiger partial charge in [0.15, 0.2) is 9.20 Å². The minimum Gasteiger partial charge on any atom is -0.392 e. The van der Waals surface area contributed by atoms with Crippen LogP contribution < -0.4 is 0 Å². The summed E-state index contributed by atoms with van der Waals surface area (Å²) in [5.74, 6) is 0. The lowest BCUT2D eigenvalue weighted by molar-refractivity contribution is 0.227. The van der Waals surface area contributed by atoms with E-state index in [0.717, 1.165) is 0 Å². The summed E-state index contributed by atoms with van der Waals surface area (Å²) in [4.78, 5) is -0.834. The minimum absolute atomic E-state index is 0.164. The summed E-state index contributed by atoms with van der Waals surface area (Å²) in [7, 11) is 0. The fraction of sp³-hybridized carbons (Fsp3) is 1.00. The third-order valence-corrected chi connectivity index (χ3v) is 2.80. The molecule has 0 saturated carbocycles. The fourth-order valence-corrected chi connectivity index (χ4v) is 1.08. The number of hydrogen-bond donors (Lipinski definition) is 4. The predicted octanol–water partition coefficient (Wildman–Crippen LogP) is 0.148. The molecule has 1 aliphatic heterocycles.